The number of piperidine rings is 1. The first-order valence-corrected chi connectivity index (χ1v) is 10.5. The number of carbonyl (C=O) groups excluding carboxylic acids is 2. The average molecular weight is 410 g/mol. The first kappa shape index (κ1) is 20.4. The summed E-state index contributed by atoms with van der Waals surface area (Å²) in [6.45, 7) is 7.48. The third-order valence-electron chi connectivity index (χ3n) is 5.94. The van der Waals surface area contributed by atoms with Gasteiger partial charge < -0.3 is 4.90 Å². The van der Waals surface area contributed by atoms with Gasteiger partial charge in [0, 0.05) is 36.2 Å². The largest absolute Gasteiger partial charge is 0.342 e. The van der Waals surface area contributed by atoms with Crippen LogP contribution in [0.3, 0.4) is 0 Å². The molecule has 0 radical (unpaired) electrons. The number of aromatic nitrogens is 2. The number of benzene rings is 1. The number of anilines is 1. The molecule has 3 heterocycles. The second-order valence-electron chi connectivity index (χ2n) is 8.53. The quantitative estimate of drug-likeness (QED) is 0.775. The lowest BCUT2D eigenvalue weighted by Crippen LogP contribution is -2.41. The molecule has 158 valence electrons. The van der Waals surface area contributed by atoms with Gasteiger partial charge >= 0.3 is 0 Å². The van der Waals surface area contributed by atoms with Gasteiger partial charge in [0.2, 0.25) is 11.8 Å². The van der Waals surface area contributed by atoms with E-state index in [1.54, 1.807) is 17.0 Å². The molecule has 0 spiro atoms. The van der Waals surface area contributed by atoms with Crippen molar-refractivity contribution < 1.29 is 14.0 Å². The molecular weight excluding hydrogens is 383 g/mol. The summed E-state index contributed by atoms with van der Waals surface area (Å²) >= 11 is 0. The van der Waals surface area contributed by atoms with Crippen LogP contribution in [0.25, 0.3) is 0 Å². The van der Waals surface area contributed by atoms with Crippen LogP contribution in [0.4, 0.5) is 10.2 Å². The summed E-state index contributed by atoms with van der Waals surface area (Å²) in [7, 11) is 0. The summed E-state index contributed by atoms with van der Waals surface area (Å²) in [5.74, 6) is 1.22. The molecule has 2 aliphatic heterocycles. The summed E-state index contributed by atoms with van der Waals surface area (Å²) in [5, 5.41) is 0. The number of carbonyl (C=O) groups is 2. The third kappa shape index (κ3) is 3.93. The van der Waals surface area contributed by atoms with E-state index >= 15 is 0 Å². The van der Waals surface area contributed by atoms with Crippen molar-refractivity contribution in [2.24, 2.45) is 5.92 Å². The fourth-order valence-corrected chi connectivity index (χ4v) is 4.27. The summed E-state index contributed by atoms with van der Waals surface area (Å²) in [6.07, 6.45) is 2.12. The van der Waals surface area contributed by atoms with E-state index in [-0.39, 0.29) is 35.9 Å². The van der Waals surface area contributed by atoms with Crippen molar-refractivity contribution in [1.82, 2.24) is 14.9 Å². The number of hydrogen-bond acceptors (Lipinski definition) is 4. The van der Waals surface area contributed by atoms with Crippen LogP contribution in [0.2, 0.25) is 0 Å². The fraction of sp³-hybridized carbons (Fsp3) is 0.478. The van der Waals surface area contributed by atoms with Gasteiger partial charge in [-0.1, -0.05) is 26.0 Å². The molecule has 6 nitrogen and oxygen atoms in total. The number of nitrogens with zero attached hydrogens (tertiary/aromatic N) is 4. The number of hydrogen-bond donors (Lipinski definition) is 0. The molecule has 1 saturated heterocycles. The fourth-order valence-electron chi connectivity index (χ4n) is 4.27. The standard InChI is InChI=1S/C23H27FN4O2/c1-14(2)23(30)27-10-4-5-17(13-27)21-25-15(3)19-11-20(29)28(22(19)26-21)12-16-6-8-18(24)9-7-16/h6-9,14,17H,4-5,10-13H2,1-3H3/t17-/m1/s1. The van der Waals surface area contributed by atoms with E-state index in [4.69, 9.17) is 9.97 Å². The van der Waals surface area contributed by atoms with E-state index in [1.807, 2.05) is 25.7 Å². The SMILES string of the molecule is Cc1nc([C@@H]2CCCN(C(=O)C(C)C)C2)nc2c1CC(=O)N2Cc1ccc(F)cc1. The normalized spacial score (nSPS) is 18.8. The van der Waals surface area contributed by atoms with Crippen molar-refractivity contribution in [3.8, 4) is 0 Å². The molecule has 1 aromatic carbocycles. The Morgan fingerprint density at radius 3 is 2.67 bits per heavy atom. The molecule has 30 heavy (non-hydrogen) atoms. The van der Waals surface area contributed by atoms with Crippen molar-refractivity contribution in [2.75, 3.05) is 18.0 Å². The molecule has 2 amide bonds. The van der Waals surface area contributed by atoms with Gasteiger partial charge in [-0.25, -0.2) is 14.4 Å². The van der Waals surface area contributed by atoms with Crippen LogP contribution in [-0.4, -0.2) is 39.8 Å². The smallest absolute Gasteiger partial charge is 0.233 e. The molecule has 1 aromatic heterocycles. The maximum absolute atomic E-state index is 13.2. The van der Waals surface area contributed by atoms with Gasteiger partial charge in [-0.05, 0) is 37.5 Å². The number of rotatable bonds is 4. The van der Waals surface area contributed by atoms with Crippen LogP contribution < -0.4 is 4.90 Å². The number of likely N-dealkylation sites (tertiary alicyclic amines) is 1. The zero-order valence-electron chi connectivity index (χ0n) is 17.7. The maximum atomic E-state index is 13.2. The van der Waals surface area contributed by atoms with Crippen LogP contribution in [0.15, 0.2) is 24.3 Å². The zero-order valence-corrected chi connectivity index (χ0v) is 17.7. The predicted octanol–water partition coefficient (Wildman–Crippen LogP) is 3.38. The van der Waals surface area contributed by atoms with Crippen molar-refractivity contribution in [3.05, 3.63) is 52.7 Å². The molecule has 7 heteroatoms. The van der Waals surface area contributed by atoms with Crippen LogP contribution in [0.1, 0.15) is 55.3 Å². The molecule has 0 bridgehead atoms. The summed E-state index contributed by atoms with van der Waals surface area (Å²) < 4.78 is 13.2. The third-order valence-corrected chi connectivity index (χ3v) is 5.94. The summed E-state index contributed by atoms with van der Waals surface area (Å²) in [4.78, 5) is 38.2. The predicted molar refractivity (Wildman–Crippen MR) is 111 cm³/mol. The second kappa shape index (κ2) is 8.13. The van der Waals surface area contributed by atoms with E-state index < -0.39 is 0 Å². The van der Waals surface area contributed by atoms with Crippen molar-refractivity contribution >= 4 is 17.6 Å². The summed E-state index contributed by atoms with van der Waals surface area (Å²) in [6, 6.07) is 6.17. The minimum absolute atomic E-state index is 0.0240. The Bertz CT molecular complexity index is 974. The number of halogens is 1. The van der Waals surface area contributed by atoms with E-state index in [9.17, 15) is 14.0 Å². The Labute approximate surface area is 176 Å². The van der Waals surface area contributed by atoms with Crippen molar-refractivity contribution in [2.45, 2.75) is 52.5 Å². The van der Waals surface area contributed by atoms with Gasteiger partial charge in [-0.2, -0.15) is 0 Å². The van der Waals surface area contributed by atoms with E-state index in [0.717, 1.165) is 36.2 Å². The Kier molecular flexibility index (Phi) is 5.54. The van der Waals surface area contributed by atoms with Crippen molar-refractivity contribution in [1.29, 1.82) is 0 Å². The first-order valence-electron chi connectivity index (χ1n) is 10.5. The highest BCUT2D eigenvalue weighted by Gasteiger charge is 2.34. The molecule has 1 atom stereocenters. The Balaban J connectivity index is 1.61. The summed E-state index contributed by atoms with van der Waals surface area (Å²) in [5.41, 5.74) is 2.52. The molecule has 1 fully saturated rings. The average Bonchev–Trinajstić information content (AvgIpc) is 3.05. The highest BCUT2D eigenvalue weighted by Crippen LogP contribution is 2.33. The van der Waals surface area contributed by atoms with Crippen LogP contribution in [0, 0.1) is 18.7 Å². The van der Waals surface area contributed by atoms with Crippen molar-refractivity contribution in [3.63, 3.8) is 0 Å². The molecule has 2 aromatic rings. The Hall–Kier alpha value is -2.83. The number of aryl methyl sites for hydroxylation is 1. The molecular formula is C23H27FN4O2. The number of amides is 2. The maximum Gasteiger partial charge on any atom is 0.233 e. The van der Waals surface area contributed by atoms with Gasteiger partial charge in [0.1, 0.15) is 17.5 Å². The number of fused-ring (bicyclic) bond motifs is 1. The lowest BCUT2D eigenvalue weighted by atomic mass is 9.95. The van der Waals surface area contributed by atoms with Gasteiger partial charge in [0.05, 0.1) is 13.0 Å². The van der Waals surface area contributed by atoms with E-state index in [1.165, 1.54) is 12.1 Å². The molecule has 2 aliphatic rings. The minimum atomic E-state index is -0.301. The highest BCUT2D eigenvalue weighted by molar-refractivity contribution is 6.00. The lowest BCUT2D eigenvalue weighted by molar-refractivity contribution is -0.135. The van der Waals surface area contributed by atoms with Gasteiger partial charge in [0.25, 0.3) is 0 Å². The second-order valence-corrected chi connectivity index (χ2v) is 8.53. The monoisotopic (exact) mass is 410 g/mol. The molecule has 0 N–H and O–H groups in total. The van der Waals surface area contributed by atoms with Crippen LogP contribution in [0.5, 0.6) is 0 Å². The molecule has 0 unspecified atom stereocenters. The highest BCUT2D eigenvalue weighted by atomic mass is 19.1. The molecule has 4 rings (SSSR count). The first-order chi connectivity index (χ1) is 14.3. The van der Waals surface area contributed by atoms with Crippen LogP contribution in [-0.2, 0) is 22.6 Å². The van der Waals surface area contributed by atoms with E-state index in [0.29, 0.717) is 24.7 Å². The van der Waals surface area contributed by atoms with E-state index in [2.05, 4.69) is 0 Å². The lowest BCUT2D eigenvalue weighted by Gasteiger charge is -2.33. The Morgan fingerprint density at radius 2 is 1.97 bits per heavy atom. The molecule has 0 saturated carbocycles. The van der Waals surface area contributed by atoms with Gasteiger partial charge in [-0.3, -0.25) is 14.5 Å². The zero-order chi connectivity index (χ0) is 21.4. The Morgan fingerprint density at radius 1 is 1.23 bits per heavy atom. The molecule has 0 aliphatic carbocycles. The topological polar surface area (TPSA) is 66.4 Å². The van der Waals surface area contributed by atoms with Crippen LogP contribution >= 0.6 is 0 Å². The van der Waals surface area contributed by atoms with Gasteiger partial charge in [-0.15, -0.1) is 0 Å². The van der Waals surface area contributed by atoms with Gasteiger partial charge in [0.15, 0.2) is 0 Å². The minimum Gasteiger partial charge on any atom is -0.342 e.